The van der Waals surface area contributed by atoms with E-state index in [2.05, 4.69) is 0 Å². The molecule has 0 amide bonds. The third-order valence-electron chi connectivity index (χ3n) is 2.65. The van der Waals surface area contributed by atoms with Crippen molar-refractivity contribution in [3.63, 3.8) is 0 Å². The lowest BCUT2D eigenvalue weighted by molar-refractivity contribution is -0.387. The molecule has 0 aliphatic rings. The van der Waals surface area contributed by atoms with Crippen molar-refractivity contribution in [2.24, 2.45) is 0 Å². The fourth-order valence-corrected chi connectivity index (χ4v) is 2.75. The molecule has 0 aliphatic carbocycles. The molecule has 0 saturated carbocycles. The average molecular weight is 306 g/mol. The molecule has 0 aromatic heterocycles. The third-order valence-corrected chi connectivity index (χ3v) is 4.50. The number of rotatable bonds is 7. The van der Waals surface area contributed by atoms with Gasteiger partial charge in [-0.1, -0.05) is 0 Å². The van der Waals surface area contributed by atoms with E-state index in [-0.39, 0.29) is 11.4 Å². The second-order valence-corrected chi connectivity index (χ2v) is 6.09. The van der Waals surface area contributed by atoms with E-state index >= 15 is 0 Å². The van der Waals surface area contributed by atoms with Gasteiger partial charge in [0, 0.05) is 39.4 Å². The summed E-state index contributed by atoms with van der Waals surface area (Å²) in [6, 6.07) is 2.51. The van der Waals surface area contributed by atoms with Crippen molar-refractivity contribution in [3.05, 3.63) is 34.1 Å². The minimum Gasteiger partial charge on any atom is -0.385 e. The maximum Gasteiger partial charge on any atom is 0.304 e. The lowest BCUT2D eigenvalue weighted by atomic mass is 10.3. The highest BCUT2D eigenvalue weighted by Gasteiger charge is 2.24. The Kier molecular flexibility index (Phi) is 5.54. The van der Waals surface area contributed by atoms with E-state index in [1.54, 1.807) is 0 Å². The van der Waals surface area contributed by atoms with E-state index in [4.69, 9.17) is 4.74 Å². The Labute approximate surface area is 116 Å². The highest BCUT2D eigenvalue weighted by atomic mass is 32.2. The largest absolute Gasteiger partial charge is 0.385 e. The van der Waals surface area contributed by atoms with Crippen molar-refractivity contribution < 1.29 is 22.5 Å². The van der Waals surface area contributed by atoms with Crippen LogP contribution in [0.15, 0.2) is 23.1 Å². The second-order valence-electron chi connectivity index (χ2n) is 4.04. The van der Waals surface area contributed by atoms with Crippen molar-refractivity contribution in [3.8, 4) is 0 Å². The molecule has 7 nitrogen and oxygen atoms in total. The first-order chi connectivity index (χ1) is 9.30. The van der Waals surface area contributed by atoms with Crippen molar-refractivity contribution in [2.75, 3.05) is 27.3 Å². The predicted molar refractivity (Wildman–Crippen MR) is 69.4 cm³/mol. The van der Waals surface area contributed by atoms with Crippen molar-refractivity contribution in [2.45, 2.75) is 11.3 Å². The van der Waals surface area contributed by atoms with Crippen molar-refractivity contribution in [1.82, 2.24) is 4.31 Å². The zero-order valence-corrected chi connectivity index (χ0v) is 11.9. The normalized spacial score (nSPS) is 11.8. The summed E-state index contributed by atoms with van der Waals surface area (Å²) >= 11 is 0. The fourth-order valence-electron chi connectivity index (χ4n) is 1.53. The minimum absolute atomic E-state index is 0.203. The van der Waals surface area contributed by atoms with Crippen LogP contribution in [0.3, 0.4) is 0 Å². The number of nitro benzene ring substituents is 1. The molecule has 0 aliphatic heterocycles. The summed E-state index contributed by atoms with van der Waals surface area (Å²) < 4.78 is 43.5. The summed E-state index contributed by atoms with van der Waals surface area (Å²) in [7, 11) is -1.02. The number of hydrogen-bond acceptors (Lipinski definition) is 5. The van der Waals surface area contributed by atoms with Gasteiger partial charge in [0.05, 0.1) is 9.82 Å². The quantitative estimate of drug-likeness (QED) is 0.431. The summed E-state index contributed by atoms with van der Waals surface area (Å²) in [4.78, 5) is 9.26. The molecule has 112 valence electrons. The van der Waals surface area contributed by atoms with Gasteiger partial charge in [-0.3, -0.25) is 10.1 Å². The van der Waals surface area contributed by atoms with Gasteiger partial charge >= 0.3 is 5.69 Å². The number of halogens is 1. The lowest BCUT2D eigenvalue weighted by Gasteiger charge is -2.16. The molecular weight excluding hydrogens is 291 g/mol. The van der Waals surface area contributed by atoms with E-state index in [0.717, 1.165) is 16.4 Å². The molecule has 1 rings (SSSR count). The van der Waals surface area contributed by atoms with E-state index in [9.17, 15) is 22.9 Å². The average Bonchev–Trinajstić information content (AvgIpc) is 2.38. The molecule has 0 spiro atoms. The number of methoxy groups -OCH3 is 1. The Morgan fingerprint density at radius 3 is 2.60 bits per heavy atom. The van der Waals surface area contributed by atoms with E-state index in [1.807, 2.05) is 0 Å². The fraction of sp³-hybridized carbons (Fsp3) is 0.455. The highest BCUT2D eigenvalue weighted by molar-refractivity contribution is 7.89. The number of nitro groups is 1. The molecule has 0 bridgehead atoms. The molecule has 0 unspecified atom stereocenters. The Morgan fingerprint density at radius 1 is 1.45 bits per heavy atom. The van der Waals surface area contributed by atoms with Crippen LogP contribution in [0.25, 0.3) is 0 Å². The summed E-state index contributed by atoms with van der Waals surface area (Å²) in [6.07, 6.45) is 0.488. The summed E-state index contributed by atoms with van der Waals surface area (Å²) in [5.41, 5.74) is -0.758. The number of sulfonamides is 1. The molecule has 0 N–H and O–H groups in total. The van der Waals surface area contributed by atoms with Crippen molar-refractivity contribution in [1.29, 1.82) is 0 Å². The molecule has 0 saturated heterocycles. The minimum atomic E-state index is -3.87. The van der Waals surface area contributed by atoms with Gasteiger partial charge < -0.3 is 4.74 Å². The van der Waals surface area contributed by atoms with Gasteiger partial charge in [0.2, 0.25) is 15.8 Å². The lowest BCUT2D eigenvalue weighted by Crippen LogP contribution is -2.28. The SMILES string of the molecule is COCCCN(C)S(=O)(=O)c1ccc([N+](=O)[O-])c(F)c1. The zero-order valence-electron chi connectivity index (χ0n) is 11.1. The molecule has 1 aromatic rings. The van der Waals surface area contributed by atoms with Crippen LogP contribution >= 0.6 is 0 Å². The number of nitrogens with zero attached hydrogens (tertiary/aromatic N) is 2. The molecule has 20 heavy (non-hydrogen) atoms. The molecule has 0 fully saturated rings. The zero-order chi connectivity index (χ0) is 15.3. The first-order valence-electron chi connectivity index (χ1n) is 5.70. The topological polar surface area (TPSA) is 89.8 Å². The third kappa shape index (κ3) is 3.71. The maximum atomic E-state index is 13.5. The van der Waals surface area contributed by atoms with Crippen LogP contribution in [0.5, 0.6) is 0 Å². The van der Waals surface area contributed by atoms with Crippen LogP contribution in [-0.2, 0) is 14.8 Å². The predicted octanol–water partition coefficient (Wildman–Crippen LogP) is 1.39. The summed E-state index contributed by atoms with van der Waals surface area (Å²) in [6.45, 7) is 0.600. The van der Waals surface area contributed by atoms with Gasteiger partial charge in [-0.25, -0.2) is 12.7 Å². The Bertz CT molecular complexity index is 590. The van der Waals surface area contributed by atoms with Crippen molar-refractivity contribution >= 4 is 15.7 Å². The van der Waals surface area contributed by atoms with E-state index < -0.39 is 26.5 Å². The van der Waals surface area contributed by atoms with Crippen LogP contribution in [0.2, 0.25) is 0 Å². The van der Waals surface area contributed by atoms with Gasteiger partial charge in [-0.15, -0.1) is 0 Å². The number of benzene rings is 1. The Morgan fingerprint density at radius 2 is 2.10 bits per heavy atom. The number of hydrogen-bond donors (Lipinski definition) is 0. The smallest absolute Gasteiger partial charge is 0.304 e. The molecule has 1 aromatic carbocycles. The Hall–Kier alpha value is -1.58. The van der Waals surface area contributed by atoms with Crippen LogP contribution in [0.4, 0.5) is 10.1 Å². The highest BCUT2D eigenvalue weighted by Crippen LogP contribution is 2.22. The molecule has 9 heteroatoms. The molecule has 0 atom stereocenters. The summed E-state index contributed by atoms with van der Waals surface area (Å²) in [5, 5.41) is 10.5. The summed E-state index contributed by atoms with van der Waals surface area (Å²) in [5.74, 6) is -1.18. The molecule has 0 heterocycles. The van der Waals surface area contributed by atoms with E-state index in [0.29, 0.717) is 19.1 Å². The van der Waals surface area contributed by atoms with Crippen LogP contribution in [-0.4, -0.2) is 45.0 Å². The number of ether oxygens (including phenoxy) is 1. The standard InChI is InChI=1S/C11H15FN2O5S/c1-13(6-3-7-19-2)20(17,18)9-4-5-11(14(15)16)10(12)8-9/h4-5,8H,3,6-7H2,1-2H3. The first kappa shape index (κ1) is 16.5. The maximum absolute atomic E-state index is 13.5. The van der Waals surface area contributed by atoms with Crippen LogP contribution < -0.4 is 0 Å². The monoisotopic (exact) mass is 306 g/mol. The van der Waals surface area contributed by atoms with Crippen LogP contribution in [0.1, 0.15) is 6.42 Å². The first-order valence-corrected chi connectivity index (χ1v) is 7.14. The van der Waals surface area contributed by atoms with Gasteiger partial charge in [0.25, 0.3) is 0 Å². The molecule has 0 radical (unpaired) electrons. The Balaban J connectivity index is 2.98. The van der Waals surface area contributed by atoms with Gasteiger partial charge in [-0.05, 0) is 12.5 Å². The van der Waals surface area contributed by atoms with Gasteiger partial charge in [0.1, 0.15) is 0 Å². The van der Waals surface area contributed by atoms with E-state index in [1.165, 1.54) is 14.2 Å². The van der Waals surface area contributed by atoms with Crippen LogP contribution in [0, 0.1) is 15.9 Å². The molecular formula is C11H15FN2O5S. The van der Waals surface area contributed by atoms with Gasteiger partial charge in [0.15, 0.2) is 0 Å². The second kappa shape index (κ2) is 6.73. The van der Waals surface area contributed by atoms with Gasteiger partial charge in [-0.2, -0.15) is 4.39 Å².